The largest absolute Gasteiger partial charge is 0.353 e. The first kappa shape index (κ1) is 14.0. The van der Waals surface area contributed by atoms with E-state index in [1.165, 1.54) is 4.31 Å². The van der Waals surface area contributed by atoms with Gasteiger partial charge < -0.3 is 5.32 Å². The van der Waals surface area contributed by atoms with E-state index in [1.807, 2.05) is 30.3 Å². The summed E-state index contributed by atoms with van der Waals surface area (Å²) in [4.78, 5) is 11.5. The standard InChI is InChI=1S/C13H18N2O3S/c1-11-13(16)14-8-9-15(11)19(17,18)10-7-12-5-3-2-4-6-12/h2-6,11H,7-10H2,1H3,(H,14,16). The summed E-state index contributed by atoms with van der Waals surface area (Å²) >= 11 is 0. The monoisotopic (exact) mass is 282 g/mol. The number of carbonyl (C=O) groups excluding carboxylic acids is 1. The molecule has 2 rings (SSSR count). The van der Waals surface area contributed by atoms with Gasteiger partial charge in [0, 0.05) is 13.1 Å². The van der Waals surface area contributed by atoms with Crippen LogP contribution in [0.3, 0.4) is 0 Å². The van der Waals surface area contributed by atoms with Gasteiger partial charge in [0.2, 0.25) is 15.9 Å². The third kappa shape index (κ3) is 3.33. The SMILES string of the molecule is CC1C(=O)NCCN1S(=O)(=O)CCc1ccccc1. The number of nitrogens with one attached hydrogen (secondary N) is 1. The van der Waals surface area contributed by atoms with Gasteiger partial charge in [-0.1, -0.05) is 30.3 Å². The lowest BCUT2D eigenvalue weighted by molar-refractivity contribution is -0.126. The quantitative estimate of drug-likeness (QED) is 0.868. The Bertz CT molecular complexity index is 542. The molecule has 1 N–H and O–H groups in total. The second-order valence-corrected chi connectivity index (χ2v) is 6.67. The van der Waals surface area contributed by atoms with E-state index in [1.54, 1.807) is 6.92 Å². The lowest BCUT2D eigenvalue weighted by Gasteiger charge is -2.31. The molecule has 0 saturated carbocycles. The molecular weight excluding hydrogens is 264 g/mol. The van der Waals surface area contributed by atoms with E-state index in [4.69, 9.17) is 0 Å². The van der Waals surface area contributed by atoms with Crippen molar-refractivity contribution in [3.63, 3.8) is 0 Å². The number of hydrogen-bond donors (Lipinski definition) is 1. The molecule has 6 heteroatoms. The van der Waals surface area contributed by atoms with Crippen LogP contribution in [0.15, 0.2) is 30.3 Å². The lowest BCUT2D eigenvalue weighted by atomic mass is 10.2. The van der Waals surface area contributed by atoms with E-state index in [9.17, 15) is 13.2 Å². The van der Waals surface area contributed by atoms with Crippen LogP contribution in [0, 0.1) is 0 Å². The maximum Gasteiger partial charge on any atom is 0.238 e. The van der Waals surface area contributed by atoms with Crippen molar-refractivity contribution >= 4 is 15.9 Å². The average Bonchev–Trinajstić information content (AvgIpc) is 2.41. The minimum absolute atomic E-state index is 0.0363. The minimum Gasteiger partial charge on any atom is -0.353 e. The lowest BCUT2D eigenvalue weighted by Crippen LogP contribution is -2.56. The van der Waals surface area contributed by atoms with Crippen molar-refractivity contribution in [3.05, 3.63) is 35.9 Å². The van der Waals surface area contributed by atoms with Gasteiger partial charge >= 0.3 is 0 Å². The summed E-state index contributed by atoms with van der Waals surface area (Å²) in [5, 5.41) is 2.66. The summed E-state index contributed by atoms with van der Waals surface area (Å²) in [7, 11) is -3.39. The van der Waals surface area contributed by atoms with E-state index >= 15 is 0 Å². The van der Waals surface area contributed by atoms with Gasteiger partial charge in [0.15, 0.2) is 0 Å². The first-order valence-corrected chi connectivity index (χ1v) is 7.93. The highest BCUT2D eigenvalue weighted by Crippen LogP contribution is 2.12. The molecule has 1 unspecified atom stereocenters. The number of aryl methyl sites for hydroxylation is 1. The molecule has 0 aromatic heterocycles. The fraction of sp³-hybridized carbons (Fsp3) is 0.462. The maximum absolute atomic E-state index is 12.3. The van der Waals surface area contributed by atoms with Crippen LogP contribution < -0.4 is 5.32 Å². The zero-order valence-corrected chi connectivity index (χ0v) is 11.7. The van der Waals surface area contributed by atoms with Gasteiger partial charge in [0.1, 0.15) is 6.04 Å². The molecule has 1 heterocycles. The number of hydrogen-bond acceptors (Lipinski definition) is 3. The minimum atomic E-state index is -3.39. The van der Waals surface area contributed by atoms with Crippen molar-refractivity contribution in [3.8, 4) is 0 Å². The zero-order chi connectivity index (χ0) is 13.9. The summed E-state index contributed by atoms with van der Waals surface area (Å²) in [6.07, 6.45) is 0.466. The summed E-state index contributed by atoms with van der Waals surface area (Å²) in [6.45, 7) is 2.35. The Morgan fingerprint density at radius 2 is 2.00 bits per heavy atom. The van der Waals surface area contributed by atoms with Gasteiger partial charge in [-0.3, -0.25) is 4.79 Å². The zero-order valence-electron chi connectivity index (χ0n) is 10.9. The number of amides is 1. The average molecular weight is 282 g/mol. The van der Waals surface area contributed by atoms with Gasteiger partial charge in [-0.2, -0.15) is 4.31 Å². The highest BCUT2D eigenvalue weighted by Gasteiger charge is 2.33. The van der Waals surface area contributed by atoms with Crippen LogP contribution in [0.5, 0.6) is 0 Å². The Morgan fingerprint density at radius 1 is 1.32 bits per heavy atom. The van der Waals surface area contributed by atoms with Gasteiger partial charge in [0.25, 0.3) is 0 Å². The summed E-state index contributed by atoms with van der Waals surface area (Å²) in [6, 6.07) is 8.87. The topological polar surface area (TPSA) is 66.5 Å². The van der Waals surface area contributed by atoms with Crippen molar-refractivity contribution in [1.29, 1.82) is 0 Å². The van der Waals surface area contributed by atoms with Crippen LogP contribution in [0.1, 0.15) is 12.5 Å². The van der Waals surface area contributed by atoms with E-state index in [2.05, 4.69) is 5.32 Å². The van der Waals surface area contributed by atoms with Crippen molar-refractivity contribution in [2.45, 2.75) is 19.4 Å². The van der Waals surface area contributed by atoms with E-state index in [0.717, 1.165) is 5.56 Å². The molecule has 1 aromatic rings. The van der Waals surface area contributed by atoms with Gasteiger partial charge in [-0.25, -0.2) is 8.42 Å². The number of benzene rings is 1. The summed E-state index contributed by atoms with van der Waals surface area (Å²) in [5.74, 6) is -0.191. The molecule has 0 bridgehead atoms. The molecule has 1 aliphatic heterocycles. The fourth-order valence-electron chi connectivity index (χ4n) is 2.15. The molecule has 1 atom stereocenters. The second kappa shape index (κ2) is 5.71. The molecule has 1 aromatic carbocycles. The molecule has 1 saturated heterocycles. The second-order valence-electron chi connectivity index (χ2n) is 4.63. The van der Waals surface area contributed by atoms with E-state index in [0.29, 0.717) is 19.5 Å². The van der Waals surface area contributed by atoms with Crippen LogP contribution in [0.4, 0.5) is 0 Å². The number of nitrogens with zero attached hydrogens (tertiary/aromatic N) is 1. The molecule has 0 radical (unpaired) electrons. The maximum atomic E-state index is 12.3. The molecule has 104 valence electrons. The van der Waals surface area contributed by atoms with Crippen LogP contribution >= 0.6 is 0 Å². The third-order valence-corrected chi connectivity index (χ3v) is 5.23. The molecule has 0 aliphatic carbocycles. The molecule has 1 fully saturated rings. The molecule has 5 nitrogen and oxygen atoms in total. The Balaban J connectivity index is 2.04. The van der Waals surface area contributed by atoms with E-state index < -0.39 is 16.1 Å². The van der Waals surface area contributed by atoms with Crippen molar-refractivity contribution < 1.29 is 13.2 Å². The normalized spacial score (nSPS) is 21.1. The number of sulfonamides is 1. The first-order valence-electron chi connectivity index (χ1n) is 6.32. The summed E-state index contributed by atoms with van der Waals surface area (Å²) in [5.41, 5.74) is 0.986. The molecule has 19 heavy (non-hydrogen) atoms. The van der Waals surface area contributed by atoms with Gasteiger partial charge in [0.05, 0.1) is 5.75 Å². The first-order chi connectivity index (χ1) is 9.00. The molecular formula is C13H18N2O3S. The van der Waals surface area contributed by atoms with Crippen LogP contribution in [0.25, 0.3) is 0 Å². The Morgan fingerprint density at radius 3 is 2.68 bits per heavy atom. The van der Waals surface area contributed by atoms with Crippen LogP contribution in [-0.2, 0) is 21.2 Å². The smallest absolute Gasteiger partial charge is 0.238 e. The molecule has 1 aliphatic rings. The molecule has 1 amide bonds. The highest BCUT2D eigenvalue weighted by atomic mass is 32.2. The third-order valence-electron chi connectivity index (χ3n) is 3.29. The predicted molar refractivity (Wildman–Crippen MR) is 73.1 cm³/mol. The van der Waals surface area contributed by atoms with Gasteiger partial charge in [-0.15, -0.1) is 0 Å². The van der Waals surface area contributed by atoms with Crippen LogP contribution in [0.2, 0.25) is 0 Å². The van der Waals surface area contributed by atoms with Crippen molar-refractivity contribution in [2.75, 3.05) is 18.8 Å². The molecule has 0 spiro atoms. The number of piperazine rings is 1. The Hall–Kier alpha value is -1.40. The van der Waals surface area contributed by atoms with Crippen LogP contribution in [-0.4, -0.2) is 43.5 Å². The Kier molecular flexibility index (Phi) is 4.21. The number of rotatable bonds is 4. The van der Waals surface area contributed by atoms with Gasteiger partial charge in [-0.05, 0) is 18.9 Å². The van der Waals surface area contributed by atoms with E-state index in [-0.39, 0.29) is 11.7 Å². The van der Waals surface area contributed by atoms with Crippen molar-refractivity contribution in [1.82, 2.24) is 9.62 Å². The van der Waals surface area contributed by atoms with Crippen molar-refractivity contribution in [2.24, 2.45) is 0 Å². The predicted octanol–water partition coefficient (Wildman–Crippen LogP) is 0.379. The highest BCUT2D eigenvalue weighted by molar-refractivity contribution is 7.89. The fourth-order valence-corrected chi connectivity index (χ4v) is 3.83. The number of carbonyl (C=O) groups is 1. The summed E-state index contributed by atoms with van der Waals surface area (Å²) < 4.78 is 25.8. The Labute approximate surface area is 113 Å².